The van der Waals surface area contributed by atoms with E-state index in [2.05, 4.69) is 0 Å². The summed E-state index contributed by atoms with van der Waals surface area (Å²) >= 11 is 0. The maximum absolute atomic E-state index is 13.0. The monoisotopic (exact) mass is 392 g/mol. The summed E-state index contributed by atoms with van der Waals surface area (Å²) in [6.45, 7) is 0. The zero-order valence-electron chi connectivity index (χ0n) is 16.2. The summed E-state index contributed by atoms with van der Waals surface area (Å²) < 4.78 is 16.8. The van der Waals surface area contributed by atoms with Crippen LogP contribution in [0.3, 0.4) is 0 Å². The van der Waals surface area contributed by atoms with Gasteiger partial charge >= 0.3 is 5.97 Å². The van der Waals surface area contributed by atoms with E-state index in [0.717, 1.165) is 24.0 Å². The molecule has 1 N–H and O–H groups in total. The van der Waals surface area contributed by atoms with Gasteiger partial charge in [0.25, 0.3) is 0 Å². The average molecular weight is 392 g/mol. The van der Waals surface area contributed by atoms with Crippen molar-refractivity contribution in [3.8, 4) is 11.5 Å². The lowest BCUT2D eigenvalue weighted by Crippen LogP contribution is -2.16. The minimum atomic E-state index is -1.07. The molecule has 4 rings (SSSR count). The molecule has 0 aliphatic heterocycles. The molecule has 6 nitrogen and oxygen atoms in total. The van der Waals surface area contributed by atoms with E-state index in [-0.39, 0.29) is 11.0 Å². The van der Waals surface area contributed by atoms with E-state index in [0.29, 0.717) is 40.2 Å². The molecule has 0 radical (unpaired) electrons. The van der Waals surface area contributed by atoms with Crippen LogP contribution in [0.25, 0.3) is 22.6 Å². The maximum atomic E-state index is 13.0. The second-order valence-electron chi connectivity index (χ2n) is 6.89. The van der Waals surface area contributed by atoms with Gasteiger partial charge in [-0.1, -0.05) is 0 Å². The van der Waals surface area contributed by atoms with Crippen molar-refractivity contribution in [1.82, 2.24) is 0 Å². The van der Waals surface area contributed by atoms with Crippen LogP contribution in [0, 0.1) is 0 Å². The average Bonchev–Trinajstić information content (AvgIpc) is 2.74. The predicted octanol–water partition coefficient (Wildman–Crippen LogP) is 4.39. The van der Waals surface area contributed by atoms with Gasteiger partial charge in [0, 0.05) is 17.2 Å². The van der Waals surface area contributed by atoms with Crippen molar-refractivity contribution in [3.05, 3.63) is 69.1 Å². The summed E-state index contributed by atoms with van der Waals surface area (Å²) in [5.74, 6) is 0.851. The molecule has 0 bridgehead atoms. The molecule has 0 amide bonds. The SMILES string of the molecule is COc1ccc(C=C2CCCc3c2oc2ccc(C(=O)O)cc2c3=O)c(OC)c1. The molecule has 0 saturated heterocycles. The highest BCUT2D eigenvalue weighted by molar-refractivity contribution is 5.93. The first-order valence-electron chi connectivity index (χ1n) is 9.28. The first-order chi connectivity index (χ1) is 14.0. The van der Waals surface area contributed by atoms with E-state index in [4.69, 9.17) is 13.9 Å². The maximum Gasteiger partial charge on any atom is 0.335 e. The Hall–Kier alpha value is -3.54. The number of rotatable bonds is 4. The number of carboxylic acids is 1. The van der Waals surface area contributed by atoms with Crippen molar-refractivity contribution < 1.29 is 23.8 Å². The van der Waals surface area contributed by atoms with Gasteiger partial charge in [-0.2, -0.15) is 0 Å². The molecule has 1 aliphatic rings. The number of carbonyl (C=O) groups is 1. The Morgan fingerprint density at radius 3 is 2.66 bits per heavy atom. The van der Waals surface area contributed by atoms with Crippen molar-refractivity contribution in [2.75, 3.05) is 14.2 Å². The third kappa shape index (κ3) is 3.38. The lowest BCUT2D eigenvalue weighted by atomic mass is 9.90. The van der Waals surface area contributed by atoms with Crippen LogP contribution in [0.5, 0.6) is 11.5 Å². The Morgan fingerprint density at radius 2 is 1.93 bits per heavy atom. The van der Waals surface area contributed by atoms with E-state index in [1.54, 1.807) is 26.4 Å². The third-order valence-corrected chi connectivity index (χ3v) is 5.17. The molecule has 29 heavy (non-hydrogen) atoms. The molecule has 0 spiro atoms. The van der Waals surface area contributed by atoms with Gasteiger partial charge in [0.05, 0.1) is 25.2 Å². The van der Waals surface area contributed by atoms with Crippen molar-refractivity contribution in [2.24, 2.45) is 0 Å². The molecule has 1 heterocycles. The Labute approximate surface area is 167 Å². The van der Waals surface area contributed by atoms with Crippen molar-refractivity contribution in [1.29, 1.82) is 0 Å². The largest absolute Gasteiger partial charge is 0.497 e. The van der Waals surface area contributed by atoms with Crippen LogP contribution in [-0.2, 0) is 6.42 Å². The number of allylic oxidation sites excluding steroid dienone is 1. The van der Waals surface area contributed by atoms with Crippen LogP contribution in [0.1, 0.15) is 40.1 Å². The second kappa shape index (κ2) is 7.47. The Kier molecular flexibility index (Phi) is 4.84. The number of aromatic carboxylic acids is 1. The highest BCUT2D eigenvalue weighted by Crippen LogP contribution is 2.35. The number of hydrogen-bond donors (Lipinski definition) is 1. The number of carboxylic acid groups (broad SMARTS) is 1. The van der Waals surface area contributed by atoms with E-state index >= 15 is 0 Å². The van der Waals surface area contributed by atoms with Gasteiger partial charge in [-0.25, -0.2) is 4.79 Å². The summed E-state index contributed by atoms with van der Waals surface area (Å²) in [5.41, 5.74) is 2.64. The number of fused-ring (bicyclic) bond motifs is 2. The molecule has 3 aromatic rings. The first-order valence-corrected chi connectivity index (χ1v) is 9.28. The normalized spacial score (nSPS) is 14.6. The minimum Gasteiger partial charge on any atom is -0.497 e. The van der Waals surface area contributed by atoms with Crippen LogP contribution in [-0.4, -0.2) is 25.3 Å². The lowest BCUT2D eigenvalue weighted by molar-refractivity contribution is 0.0697. The number of benzene rings is 2. The molecule has 2 aromatic carbocycles. The smallest absolute Gasteiger partial charge is 0.335 e. The Balaban J connectivity index is 1.88. The topological polar surface area (TPSA) is 86.0 Å². The molecular formula is C23H20O6. The van der Waals surface area contributed by atoms with Crippen LogP contribution >= 0.6 is 0 Å². The van der Waals surface area contributed by atoms with Crippen molar-refractivity contribution >= 4 is 28.6 Å². The summed E-state index contributed by atoms with van der Waals surface area (Å²) in [6, 6.07) is 9.92. The second-order valence-corrected chi connectivity index (χ2v) is 6.89. The summed E-state index contributed by atoms with van der Waals surface area (Å²) in [6.07, 6.45) is 4.15. The van der Waals surface area contributed by atoms with E-state index in [1.165, 1.54) is 12.1 Å². The third-order valence-electron chi connectivity index (χ3n) is 5.17. The fourth-order valence-electron chi connectivity index (χ4n) is 3.69. The molecule has 6 heteroatoms. The standard InChI is InChI=1S/C23H20O6/c1-27-16-8-6-13(20(12-16)28-2)10-14-4-3-5-17-21(24)18-11-15(23(25)26)7-9-19(18)29-22(14)17/h6-12H,3-5H2,1-2H3,(H,25,26). The molecule has 148 valence electrons. The highest BCUT2D eigenvalue weighted by atomic mass is 16.5. The van der Waals surface area contributed by atoms with E-state index in [1.807, 2.05) is 18.2 Å². The number of ether oxygens (including phenoxy) is 2. The zero-order valence-corrected chi connectivity index (χ0v) is 16.2. The molecule has 1 aromatic heterocycles. The van der Waals surface area contributed by atoms with Gasteiger partial charge in [0.1, 0.15) is 22.8 Å². The molecule has 0 atom stereocenters. The quantitative estimate of drug-likeness (QED) is 0.709. The van der Waals surface area contributed by atoms with Crippen LogP contribution < -0.4 is 14.9 Å². The van der Waals surface area contributed by atoms with Gasteiger partial charge < -0.3 is 19.0 Å². The van der Waals surface area contributed by atoms with Gasteiger partial charge in [0.2, 0.25) is 0 Å². The fraction of sp³-hybridized carbons (Fsp3) is 0.217. The first kappa shape index (κ1) is 18.8. The van der Waals surface area contributed by atoms with Crippen molar-refractivity contribution in [2.45, 2.75) is 19.3 Å². The van der Waals surface area contributed by atoms with E-state index in [9.17, 15) is 14.7 Å². The van der Waals surface area contributed by atoms with Gasteiger partial charge in [-0.15, -0.1) is 0 Å². The molecule has 1 aliphatic carbocycles. The van der Waals surface area contributed by atoms with Crippen molar-refractivity contribution in [3.63, 3.8) is 0 Å². The fourth-order valence-corrected chi connectivity index (χ4v) is 3.69. The summed E-state index contributed by atoms with van der Waals surface area (Å²) in [4.78, 5) is 24.3. The number of methoxy groups -OCH3 is 2. The van der Waals surface area contributed by atoms with Gasteiger partial charge in [0.15, 0.2) is 5.43 Å². The molecular weight excluding hydrogens is 372 g/mol. The minimum absolute atomic E-state index is 0.0688. The van der Waals surface area contributed by atoms with Crippen LogP contribution in [0.15, 0.2) is 45.6 Å². The summed E-state index contributed by atoms with van der Waals surface area (Å²) in [5, 5.41) is 9.50. The van der Waals surface area contributed by atoms with Gasteiger partial charge in [-0.3, -0.25) is 4.79 Å². The predicted molar refractivity (Wildman–Crippen MR) is 110 cm³/mol. The number of hydrogen-bond acceptors (Lipinski definition) is 5. The zero-order chi connectivity index (χ0) is 20.5. The lowest BCUT2D eigenvalue weighted by Gasteiger charge is -2.18. The highest BCUT2D eigenvalue weighted by Gasteiger charge is 2.23. The Bertz CT molecular complexity index is 1200. The molecule has 0 unspecified atom stereocenters. The Morgan fingerprint density at radius 1 is 1.10 bits per heavy atom. The van der Waals surface area contributed by atoms with E-state index < -0.39 is 5.97 Å². The van der Waals surface area contributed by atoms with Crippen LogP contribution in [0.4, 0.5) is 0 Å². The molecule has 0 saturated carbocycles. The van der Waals surface area contributed by atoms with Gasteiger partial charge in [-0.05, 0) is 61.2 Å². The van der Waals surface area contributed by atoms with Crippen LogP contribution in [0.2, 0.25) is 0 Å². The molecule has 0 fully saturated rings. The summed E-state index contributed by atoms with van der Waals surface area (Å²) in [7, 11) is 3.19.